The highest BCUT2D eigenvalue weighted by Gasteiger charge is 2.14. The Bertz CT molecular complexity index is 379. The molecule has 0 saturated carbocycles. The lowest BCUT2D eigenvalue weighted by Gasteiger charge is -2.28. The standard InChI is InChI=1S/C19H34N2/c1-6-16(7-2)13-21(8-3)14-19(20)18-11-9-17(10-12-18)15(4)5/h9-12,15-16,19H,6-8,13-14,20H2,1-5H3. The molecule has 0 aromatic heterocycles. The Kier molecular flexibility index (Phi) is 7.98. The number of hydrogen-bond acceptors (Lipinski definition) is 2. The van der Waals surface area contributed by atoms with E-state index < -0.39 is 0 Å². The first-order valence-electron chi connectivity index (χ1n) is 8.59. The molecule has 1 rings (SSSR count). The minimum absolute atomic E-state index is 0.112. The van der Waals surface area contributed by atoms with Crippen LogP contribution in [0.15, 0.2) is 24.3 Å². The van der Waals surface area contributed by atoms with Crippen molar-refractivity contribution >= 4 is 0 Å². The highest BCUT2D eigenvalue weighted by Crippen LogP contribution is 2.19. The van der Waals surface area contributed by atoms with Crippen LogP contribution in [0.2, 0.25) is 0 Å². The zero-order chi connectivity index (χ0) is 15.8. The second kappa shape index (κ2) is 9.22. The molecule has 0 aliphatic rings. The SMILES string of the molecule is CCC(CC)CN(CC)CC(N)c1ccc(C(C)C)cc1. The Labute approximate surface area is 131 Å². The average molecular weight is 290 g/mol. The fraction of sp³-hybridized carbons (Fsp3) is 0.684. The molecular formula is C19H34N2. The predicted molar refractivity (Wildman–Crippen MR) is 93.6 cm³/mol. The van der Waals surface area contributed by atoms with Gasteiger partial charge in [-0.1, -0.05) is 71.7 Å². The van der Waals surface area contributed by atoms with Crippen molar-refractivity contribution in [2.24, 2.45) is 11.7 Å². The molecule has 1 unspecified atom stereocenters. The van der Waals surface area contributed by atoms with E-state index in [1.807, 2.05) is 0 Å². The van der Waals surface area contributed by atoms with Gasteiger partial charge in [0.1, 0.15) is 0 Å². The molecule has 120 valence electrons. The second-order valence-corrected chi connectivity index (χ2v) is 6.46. The van der Waals surface area contributed by atoms with Crippen molar-refractivity contribution in [3.63, 3.8) is 0 Å². The Morgan fingerprint density at radius 1 is 0.905 bits per heavy atom. The monoisotopic (exact) mass is 290 g/mol. The molecule has 1 aromatic carbocycles. The van der Waals surface area contributed by atoms with Gasteiger partial charge in [0.05, 0.1) is 0 Å². The molecule has 0 saturated heterocycles. The summed E-state index contributed by atoms with van der Waals surface area (Å²) >= 11 is 0. The molecule has 1 atom stereocenters. The molecule has 0 aliphatic carbocycles. The fourth-order valence-electron chi connectivity index (χ4n) is 2.76. The zero-order valence-corrected chi connectivity index (χ0v) is 14.6. The number of benzene rings is 1. The molecular weight excluding hydrogens is 256 g/mol. The second-order valence-electron chi connectivity index (χ2n) is 6.46. The van der Waals surface area contributed by atoms with Gasteiger partial charge in [0.25, 0.3) is 0 Å². The van der Waals surface area contributed by atoms with Crippen molar-refractivity contribution in [2.45, 2.75) is 59.4 Å². The number of hydrogen-bond donors (Lipinski definition) is 1. The molecule has 0 amide bonds. The van der Waals surface area contributed by atoms with Crippen LogP contribution in [0, 0.1) is 5.92 Å². The van der Waals surface area contributed by atoms with Crippen molar-refractivity contribution in [1.29, 1.82) is 0 Å². The summed E-state index contributed by atoms with van der Waals surface area (Å²) in [5.41, 5.74) is 9.05. The number of nitrogens with two attached hydrogens (primary N) is 1. The van der Waals surface area contributed by atoms with Gasteiger partial charge >= 0.3 is 0 Å². The fourth-order valence-corrected chi connectivity index (χ4v) is 2.76. The van der Waals surface area contributed by atoms with Crippen molar-refractivity contribution < 1.29 is 0 Å². The minimum Gasteiger partial charge on any atom is -0.323 e. The molecule has 0 bridgehead atoms. The van der Waals surface area contributed by atoms with Gasteiger partial charge in [-0.25, -0.2) is 0 Å². The Morgan fingerprint density at radius 3 is 1.86 bits per heavy atom. The molecule has 0 fully saturated rings. The molecule has 2 N–H and O–H groups in total. The lowest BCUT2D eigenvalue weighted by Crippen LogP contribution is -2.35. The van der Waals surface area contributed by atoms with Gasteiger partial charge < -0.3 is 10.6 Å². The first-order chi connectivity index (χ1) is 10.0. The number of nitrogens with zero attached hydrogens (tertiary/aromatic N) is 1. The molecule has 1 aromatic rings. The summed E-state index contributed by atoms with van der Waals surface area (Å²) in [6.45, 7) is 14.5. The van der Waals surface area contributed by atoms with Crippen molar-refractivity contribution in [2.75, 3.05) is 19.6 Å². The summed E-state index contributed by atoms with van der Waals surface area (Å²) in [5, 5.41) is 0. The summed E-state index contributed by atoms with van der Waals surface area (Å²) in [6.07, 6.45) is 2.51. The summed E-state index contributed by atoms with van der Waals surface area (Å²) < 4.78 is 0. The lowest BCUT2D eigenvalue weighted by molar-refractivity contribution is 0.222. The third-order valence-electron chi connectivity index (χ3n) is 4.60. The van der Waals surface area contributed by atoms with Gasteiger partial charge in [0.2, 0.25) is 0 Å². The van der Waals surface area contributed by atoms with Gasteiger partial charge in [0.15, 0.2) is 0 Å². The van der Waals surface area contributed by atoms with Crippen molar-refractivity contribution in [3.05, 3.63) is 35.4 Å². The van der Waals surface area contributed by atoms with Gasteiger partial charge in [-0.3, -0.25) is 0 Å². The summed E-state index contributed by atoms with van der Waals surface area (Å²) in [5.74, 6) is 1.37. The van der Waals surface area contributed by atoms with Gasteiger partial charge in [0, 0.05) is 19.1 Å². The Hall–Kier alpha value is -0.860. The van der Waals surface area contributed by atoms with E-state index in [1.165, 1.54) is 30.5 Å². The largest absolute Gasteiger partial charge is 0.323 e. The van der Waals surface area contributed by atoms with E-state index in [-0.39, 0.29) is 6.04 Å². The summed E-state index contributed by atoms with van der Waals surface area (Å²) in [7, 11) is 0. The summed E-state index contributed by atoms with van der Waals surface area (Å²) in [4.78, 5) is 2.50. The molecule has 0 spiro atoms. The van der Waals surface area contributed by atoms with E-state index in [1.54, 1.807) is 0 Å². The zero-order valence-electron chi connectivity index (χ0n) is 14.6. The van der Waals surface area contributed by atoms with Gasteiger partial charge in [-0.15, -0.1) is 0 Å². The summed E-state index contributed by atoms with van der Waals surface area (Å²) in [6, 6.07) is 8.95. The smallest absolute Gasteiger partial charge is 0.0424 e. The van der Waals surface area contributed by atoms with Crippen LogP contribution in [-0.2, 0) is 0 Å². The van der Waals surface area contributed by atoms with Crippen molar-refractivity contribution in [3.8, 4) is 0 Å². The Balaban J connectivity index is 2.62. The van der Waals surface area contributed by atoms with Crippen LogP contribution >= 0.6 is 0 Å². The van der Waals surface area contributed by atoms with E-state index in [2.05, 4.69) is 63.8 Å². The van der Waals surface area contributed by atoms with E-state index in [4.69, 9.17) is 5.73 Å². The molecule has 0 radical (unpaired) electrons. The first kappa shape index (κ1) is 18.2. The number of rotatable bonds is 9. The highest BCUT2D eigenvalue weighted by atomic mass is 15.1. The lowest BCUT2D eigenvalue weighted by atomic mass is 9.98. The number of likely N-dealkylation sites (N-methyl/N-ethyl adjacent to an activating group) is 1. The molecule has 0 aliphatic heterocycles. The van der Waals surface area contributed by atoms with Crippen molar-refractivity contribution in [1.82, 2.24) is 4.90 Å². The molecule has 21 heavy (non-hydrogen) atoms. The predicted octanol–water partition coefficient (Wildman–Crippen LogP) is 4.57. The third-order valence-corrected chi connectivity index (χ3v) is 4.60. The van der Waals surface area contributed by atoms with E-state index in [0.29, 0.717) is 5.92 Å². The van der Waals surface area contributed by atoms with Crippen LogP contribution in [0.1, 0.15) is 70.5 Å². The average Bonchev–Trinajstić information content (AvgIpc) is 2.51. The quantitative estimate of drug-likeness (QED) is 0.722. The maximum atomic E-state index is 6.41. The minimum atomic E-state index is 0.112. The van der Waals surface area contributed by atoms with Crippen LogP contribution in [-0.4, -0.2) is 24.5 Å². The van der Waals surface area contributed by atoms with Gasteiger partial charge in [-0.05, 0) is 29.5 Å². The maximum absolute atomic E-state index is 6.41. The van der Waals surface area contributed by atoms with Gasteiger partial charge in [-0.2, -0.15) is 0 Å². The normalized spacial score (nSPS) is 13.4. The molecule has 2 heteroatoms. The van der Waals surface area contributed by atoms with E-state index in [0.717, 1.165) is 19.0 Å². The van der Waals surface area contributed by atoms with Crippen LogP contribution in [0.25, 0.3) is 0 Å². The van der Waals surface area contributed by atoms with Crippen LogP contribution in [0.5, 0.6) is 0 Å². The van der Waals surface area contributed by atoms with Crippen LogP contribution in [0.3, 0.4) is 0 Å². The topological polar surface area (TPSA) is 29.3 Å². The van der Waals surface area contributed by atoms with Crippen LogP contribution < -0.4 is 5.73 Å². The third kappa shape index (κ3) is 5.80. The molecule has 0 heterocycles. The maximum Gasteiger partial charge on any atom is 0.0424 e. The molecule has 2 nitrogen and oxygen atoms in total. The van der Waals surface area contributed by atoms with Crippen LogP contribution in [0.4, 0.5) is 0 Å². The van der Waals surface area contributed by atoms with E-state index in [9.17, 15) is 0 Å². The van der Waals surface area contributed by atoms with E-state index >= 15 is 0 Å². The highest BCUT2D eigenvalue weighted by molar-refractivity contribution is 5.26. The Morgan fingerprint density at radius 2 is 1.43 bits per heavy atom. The first-order valence-corrected chi connectivity index (χ1v) is 8.59.